The number of hydrogen-bond donors (Lipinski definition) is 1. The molecule has 3 aromatic carbocycles. The molecule has 1 aliphatic heterocycles. The van der Waals surface area contributed by atoms with E-state index >= 15 is 0 Å². The lowest BCUT2D eigenvalue weighted by Crippen LogP contribution is -2.34. The Balaban J connectivity index is 1.34. The van der Waals surface area contributed by atoms with E-state index in [0.717, 1.165) is 55.9 Å². The molecular weight excluding hydrogens is 475 g/mol. The highest BCUT2D eigenvalue weighted by atomic mass is 35.5. The summed E-state index contributed by atoms with van der Waals surface area (Å²) in [5.41, 5.74) is 3.11. The quantitative estimate of drug-likeness (QED) is 0.326. The number of carbonyl (C=O) groups is 1. The normalized spacial score (nSPS) is 15.6. The minimum absolute atomic E-state index is 0.0403. The van der Waals surface area contributed by atoms with Crippen LogP contribution in [0.1, 0.15) is 56.3 Å². The van der Waals surface area contributed by atoms with Crippen LogP contribution >= 0.6 is 11.6 Å². The number of piperidine rings is 1. The molecule has 1 unspecified atom stereocenters. The van der Waals surface area contributed by atoms with Gasteiger partial charge in [-0.1, -0.05) is 49.7 Å². The fourth-order valence-corrected chi connectivity index (χ4v) is 4.72. The molecule has 0 spiro atoms. The number of carbonyl (C=O) groups excluding carboxylic acids is 1. The predicted octanol–water partition coefficient (Wildman–Crippen LogP) is 7.46. The summed E-state index contributed by atoms with van der Waals surface area (Å²) < 4.78 is 19.8. The number of anilines is 1. The van der Waals surface area contributed by atoms with E-state index in [0.29, 0.717) is 10.9 Å². The summed E-state index contributed by atoms with van der Waals surface area (Å²) in [5.74, 6) is 0.976. The van der Waals surface area contributed by atoms with Gasteiger partial charge < -0.3 is 15.0 Å². The highest BCUT2D eigenvalue weighted by Crippen LogP contribution is 2.31. The van der Waals surface area contributed by atoms with E-state index in [1.807, 2.05) is 50.2 Å². The number of nitrogens with zero attached hydrogens (tertiary/aromatic N) is 1. The highest BCUT2D eigenvalue weighted by Gasteiger charge is 2.23. The van der Waals surface area contributed by atoms with Gasteiger partial charge >= 0.3 is 0 Å². The van der Waals surface area contributed by atoms with Crippen LogP contribution in [0.3, 0.4) is 0 Å². The zero-order valence-corrected chi connectivity index (χ0v) is 21.7. The lowest BCUT2D eigenvalue weighted by molar-refractivity contribution is -0.118. The van der Waals surface area contributed by atoms with E-state index in [-0.39, 0.29) is 23.7 Å². The van der Waals surface area contributed by atoms with Crippen molar-refractivity contribution in [2.45, 2.75) is 45.1 Å². The van der Waals surface area contributed by atoms with E-state index < -0.39 is 0 Å². The first-order valence-electron chi connectivity index (χ1n) is 12.7. The Kier molecular flexibility index (Phi) is 9.00. The second kappa shape index (κ2) is 12.4. The molecule has 0 saturated carbocycles. The maximum absolute atomic E-state index is 13.5. The van der Waals surface area contributed by atoms with Gasteiger partial charge in [-0.25, -0.2) is 4.39 Å². The molecule has 36 heavy (non-hydrogen) atoms. The van der Waals surface area contributed by atoms with Crippen molar-refractivity contribution in [3.05, 3.63) is 94.8 Å². The molecule has 4 nitrogen and oxygen atoms in total. The molecule has 1 amide bonds. The molecule has 1 atom stereocenters. The number of ether oxygens (including phenoxy) is 1. The van der Waals surface area contributed by atoms with Crippen LogP contribution < -0.4 is 10.1 Å². The summed E-state index contributed by atoms with van der Waals surface area (Å²) in [6, 6.07) is 22.2. The monoisotopic (exact) mass is 508 g/mol. The first-order chi connectivity index (χ1) is 17.4. The third-order valence-electron chi connectivity index (χ3n) is 6.78. The summed E-state index contributed by atoms with van der Waals surface area (Å²) >= 11 is 6.02. The summed E-state index contributed by atoms with van der Waals surface area (Å²) in [4.78, 5) is 14.5. The SMILES string of the molecule is CC(C)C(=O)Nc1cccc(C2CCN(CCC(Oc3ccc(Cl)cc3)c3ccc(F)cc3)CC2)c1. The first kappa shape index (κ1) is 26.2. The Morgan fingerprint density at radius 3 is 2.42 bits per heavy atom. The minimum atomic E-state index is -0.251. The van der Waals surface area contributed by atoms with Gasteiger partial charge in [-0.15, -0.1) is 0 Å². The molecule has 0 bridgehead atoms. The van der Waals surface area contributed by atoms with Crippen LogP contribution in [-0.2, 0) is 4.79 Å². The van der Waals surface area contributed by atoms with Crippen LogP contribution in [0.15, 0.2) is 72.8 Å². The number of benzene rings is 3. The van der Waals surface area contributed by atoms with Gasteiger partial charge in [-0.05, 0) is 91.5 Å². The lowest BCUT2D eigenvalue weighted by atomic mass is 9.89. The zero-order chi connectivity index (χ0) is 25.5. The van der Waals surface area contributed by atoms with Crippen molar-refractivity contribution in [3.8, 4) is 5.75 Å². The molecule has 6 heteroatoms. The van der Waals surface area contributed by atoms with Gasteiger partial charge in [-0.2, -0.15) is 0 Å². The van der Waals surface area contributed by atoms with Crippen molar-refractivity contribution in [2.24, 2.45) is 5.92 Å². The fourth-order valence-electron chi connectivity index (χ4n) is 4.60. The number of hydrogen-bond acceptors (Lipinski definition) is 3. The lowest BCUT2D eigenvalue weighted by Gasteiger charge is -2.33. The number of rotatable bonds is 9. The third-order valence-corrected chi connectivity index (χ3v) is 7.03. The summed E-state index contributed by atoms with van der Waals surface area (Å²) in [6.07, 6.45) is 2.77. The summed E-state index contributed by atoms with van der Waals surface area (Å²) in [5, 5.41) is 3.67. The fraction of sp³-hybridized carbons (Fsp3) is 0.367. The molecule has 1 fully saturated rings. The summed E-state index contributed by atoms with van der Waals surface area (Å²) in [7, 11) is 0. The highest BCUT2D eigenvalue weighted by molar-refractivity contribution is 6.30. The van der Waals surface area contributed by atoms with Crippen molar-refractivity contribution in [1.82, 2.24) is 4.90 Å². The van der Waals surface area contributed by atoms with E-state index in [1.165, 1.54) is 17.7 Å². The Morgan fingerprint density at radius 2 is 1.75 bits per heavy atom. The van der Waals surface area contributed by atoms with E-state index in [2.05, 4.69) is 22.3 Å². The maximum Gasteiger partial charge on any atom is 0.226 e. The maximum atomic E-state index is 13.5. The van der Waals surface area contributed by atoms with Gasteiger partial charge in [0.15, 0.2) is 0 Å². The van der Waals surface area contributed by atoms with Crippen molar-refractivity contribution in [2.75, 3.05) is 25.0 Å². The van der Waals surface area contributed by atoms with Gasteiger partial charge in [0.05, 0.1) is 0 Å². The van der Waals surface area contributed by atoms with Crippen molar-refractivity contribution in [1.29, 1.82) is 0 Å². The summed E-state index contributed by atoms with van der Waals surface area (Å²) in [6.45, 7) is 6.70. The number of likely N-dealkylation sites (tertiary alicyclic amines) is 1. The average Bonchev–Trinajstić information content (AvgIpc) is 2.88. The van der Waals surface area contributed by atoms with Gasteiger partial charge in [0.25, 0.3) is 0 Å². The van der Waals surface area contributed by atoms with Gasteiger partial charge in [0.2, 0.25) is 5.91 Å². The van der Waals surface area contributed by atoms with Crippen LogP contribution in [0.5, 0.6) is 5.75 Å². The first-order valence-corrected chi connectivity index (χ1v) is 13.1. The van der Waals surface area contributed by atoms with Gasteiger partial charge in [-0.3, -0.25) is 4.79 Å². The van der Waals surface area contributed by atoms with Crippen LogP contribution in [0, 0.1) is 11.7 Å². The van der Waals surface area contributed by atoms with Crippen LogP contribution in [0.25, 0.3) is 0 Å². The Hall–Kier alpha value is -2.89. The molecule has 1 aliphatic rings. The number of amides is 1. The van der Waals surface area contributed by atoms with E-state index in [4.69, 9.17) is 16.3 Å². The largest absolute Gasteiger partial charge is 0.486 e. The molecule has 1 heterocycles. The number of nitrogens with one attached hydrogen (secondary N) is 1. The molecule has 4 rings (SSSR count). The minimum Gasteiger partial charge on any atom is -0.486 e. The van der Waals surface area contributed by atoms with Crippen molar-refractivity contribution >= 4 is 23.2 Å². The van der Waals surface area contributed by atoms with E-state index in [1.54, 1.807) is 12.1 Å². The van der Waals surface area contributed by atoms with Crippen LogP contribution in [0.2, 0.25) is 5.02 Å². The molecule has 1 N–H and O–H groups in total. The Bertz CT molecular complexity index is 1130. The molecule has 0 aliphatic carbocycles. The molecule has 3 aromatic rings. The van der Waals surface area contributed by atoms with Crippen LogP contribution in [-0.4, -0.2) is 30.4 Å². The standard InChI is InChI=1S/C30H34ClFN2O2/c1-21(2)30(35)33-27-5-3-4-24(20-27)22-14-17-34(18-15-22)19-16-29(23-6-10-26(32)11-7-23)36-28-12-8-25(31)9-13-28/h3-13,20-22,29H,14-19H2,1-2H3,(H,33,35). The average molecular weight is 509 g/mol. The molecule has 0 aromatic heterocycles. The van der Waals surface area contributed by atoms with Gasteiger partial charge in [0, 0.05) is 29.6 Å². The second-order valence-electron chi connectivity index (χ2n) is 9.79. The van der Waals surface area contributed by atoms with Crippen LogP contribution in [0.4, 0.5) is 10.1 Å². The molecule has 1 saturated heterocycles. The Labute approximate surface area is 218 Å². The second-order valence-corrected chi connectivity index (χ2v) is 10.2. The molecule has 0 radical (unpaired) electrons. The molecule has 190 valence electrons. The van der Waals surface area contributed by atoms with Crippen molar-refractivity contribution in [3.63, 3.8) is 0 Å². The van der Waals surface area contributed by atoms with Gasteiger partial charge in [0.1, 0.15) is 17.7 Å². The van der Waals surface area contributed by atoms with E-state index in [9.17, 15) is 9.18 Å². The predicted molar refractivity (Wildman–Crippen MR) is 144 cm³/mol. The third kappa shape index (κ3) is 7.31. The topological polar surface area (TPSA) is 41.6 Å². The Morgan fingerprint density at radius 1 is 1.06 bits per heavy atom. The van der Waals surface area contributed by atoms with Crippen molar-refractivity contribution < 1.29 is 13.9 Å². The smallest absolute Gasteiger partial charge is 0.226 e. The zero-order valence-electron chi connectivity index (χ0n) is 20.9. The number of halogens is 2. The molecular formula is C30H34ClFN2O2.